The van der Waals surface area contributed by atoms with Crippen molar-refractivity contribution in [2.45, 2.75) is 19.3 Å². The molecule has 0 aliphatic heterocycles. The zero-order chi connectivity index (χ0) is 14.0. The van der Waals surface area contributed by atoms with Gasteiger partial charge in [0, 0.05) is 14.1 Å². The van der Waals surface area contributed by atoms with E-state index in [0.29, 0.717) is 0 Å². The Morgan fingerprint density at radius 1 is 1.05 bits per heavy atom. The smallest absolute Gasteiger partial charge is 0.244 e. The molecule has 0 radical (unpaired) electrons. The van der Waals surface area contributed by atoms with E-state index >= 15 is 0 Å². The summed E-state index contributed by atoms with van der Waals surface area (Å²) in [5, 5.41) is 4.02. The fourth-order valence-electron chi connectivity index (χ4n) is 2.05. The molecule has 0 aromatic heterocycles. The Morgan fingerprint density at radius 2 is 1.68 bits per heavy atom. The van der Waals surface area contributed by atoms with Crippen LogP contribution in [0.3, 0.4) is 0 Å². The van der Waals surface area contributed by atoms with Crippen LogP contribution in [0.4, 0.5) is 0 Å². The lowest BCUT2D eigenvalue weighted by atomic mass is 9.83. The standard InChI is InChI=1S/C16H20N2O/c1-16(2,15(19)17-18(3)4)14-10-9-12-7-5-6-8-13(12)11-14/h5-11H,1-4H3,(H,17,19). The van der Waals surface area contributed by atoms with Crippen molar-refractivity contribution in [3.63, 3.8) is 0 Å². The average Bonchev–Trinajstić information content (AvgIpc) is 2.37. The summed E-state index contributed by atoms with van der Waals surface area (Å²) in [6.45, 7) is 3.88. The first-order valence-electron chi connectivity index (χ1n) is 6.39. The topological polar surface area (TPSA) is 32.3 Å². The molecule has 0 saturated carbocycles. The van der Waals surface area contributed by atoms with Gasteiger partial charge in [-0.1, -0.05) is 42.5 Å². The van der Waals surface area contributed by atoms with Crippen LogP contribution < -0.4 is 5.43 Å². The number of nitrogens with zero attached hydrogens (tertiary/aromatic N) is 1. The van der Waals surface area contributed by atoms with Gasteiger partial charge in [0.25, 0.3) is 0 Å². The number of amides is 1. The summed E-state index contributed by atoms with van der Waals surface area (Å²) in [7, 11) is 3.63. The van der Waals surface area contributed by atoms with Gasteiger partial charge in [-0.05, 0) is 30.2 Å². The second-order valence-electron chi connectivity index (χ2n) is 5.52. The zero-order valence-electron chi connectivity index (χ0n) is 11.9. The molecule has 0 heterocycles. The molecular weight excluding hydrogens is 236 g/mol. The van der Waals surface area contributed by atoms with Crippen molar-refractivity contribution >= 4 is 16.7 Å². The lowest BCUT2D eigenvalue weighted by molar-refractivity contribution is -0.129. The van der Waals surface area contributed by atoms with Crippen molar-refractivity contribution in [3.05, 3.63) is 48.0 Å². The first kappa shape index (κ1) is 13.6. The monoisotopic (exact) mass is 256 g/mol. The number of rotatable bonds is 3. The maximum atomic E-state index is 12.3. The Labute approximate surface area is 114 Å². The molecule has 0 unspecified atom stereocenters. The second-order valence-corrected chi connectivity index (χ2v) is 5.52. The molecule has 0 aliphatic carbocycles. The maximum absolute atomic E-state index is 12.3. The van der Waals surface area contributed by atoms with E-state index < -0.39 is 5.41 Å². The van der Waals surface area contributed by atoms with E-state index in [1.807, 2.05) is 46.1 Å². The molecule has 0 bridgehead atoms. The van der Waals surface area contributed by atoms with Gasteiger partial charge < -0.3 is 0 Å². The first-order valence-corrected chi connectivity index (χ1v) is 6.39. The molecule has 1 amide bonds. The quantitative estimate of drug-likeness (QED) is 0.856. The molecule has 0 spiro atoms. The lowest BCUT2D eigenvalue weighted by Gasteiger charge is -2.26. The summed E-state index contributed by atoms with van der Waals surface area (Å²) in [4.78, 5) is 12.3. The number of benzene rings is 2. The third-order valence-corrected chi connectivity index (χ3v) is 3.36. The largest absolute Gasteiger partial charge is 0.289 e. The van der Waals surface area contributed by atoms with Gasteiger partial charge in [0.1, 0.15) is 0 Å². The molecule has 100 valence electrons. The molecule has 3 heteroatoms. The van der Waals surface area contributed by atoms with Crippen LogP contribution in [-0.4, -0.2) is 25.0 Å². The molecule has 19 heavy (non-hydrogen) atoms. The highest BCUT2D eigenvalue weighted by molar-refractivity contribution is 5.90. The molecule has 0 fully saturated rings. The van der Waals surface area contributed by atoms with E-state index in [2.05, 4.69) is 29.7 Å². The third kappa shape index (κ3) is 2.76. The highest BCUT2D eigenvalue weighted by Crippen LogP contribution is 2.27. The number of carbonyl (C=O) groups is 1. The average molecular weight is 256 g/mol. The number of hydrogen-bond acceptors (Lipinski definition) is 2. The van der Waals surface area contributed by atoms with Crippen molar-refractivity contribution in [1.29, 1.82) is 0 Å². The highest BCUT2D eigenvalue weighted by Gasteiger charge is 2.30. The van der Waals surface area contributed by atoms with Crippen molar-refractivity contribution in [2.75, 3.05) is 14.1 Å². The summed E-state index contributed by atoms with van der Waals surface area (Å²) < 4.78 is 0. The summed E-state index contributed by atoms with van der Waals surface area (Å²) in [5.74, 6) is -0.00668. The van der Waals surface area contributed by atoms with Gasteiger partial charge in [-0.25, -0.2) is 5.01 Å². The van der Waals surface area contributed by atoms with E-state index in [-0.39, 0.29) is 5.91 Å². The predicted molar refractivity (Wildman–Crippen MR) is 78.8 cm³/mol. The Morgan fingerprint density at radius 3 is 2.32 bits per heavy atom. The van der Waals surface area contributed by atoms with E-state index in [0.717, 1.165) is 10.9 Å². The zero-order valence-corrected chi connectivity index (χ0v) is 11.9. The van der Waals surface area contributed by atoms with Crippen LogP contribution in [0.5, 0.6) is 0 Å². The Balaban J connectivity index is 2.39. The van der Waals surface area contributed by atoms with Crippen molar-refractivity contribution < 1.29 is 4.79 Å². The minimum Gasteiger partial charge on any atom is -0.289 e. The first-order chi connectivity index (χ1) is 8.91. The fourth-order valence-corrected chi connectivity index (χ4v) is 2.05. The molecule has 0 saturated heterocycles. The lowest BCUT2D eigenvalue weighted by Crippen LogP contribution is -2.46. The number of carbonyl (C=O) groups excluding carboxylic acids is 1. The van der Waals surface area contributed by atoms with Crippen LogP contribution in [0.1, 0.15) is 19.4 Å². The van der Waals surface area contributed by atoms with Crippen LogP contribution in [0.2, 0.25) is 0 Å². The Kier molecular flexibility index (Phi) is 3.58. The third-order valence-electron chi connectivity index (χ3n) is 3.36. The van der Waals surface area contributed by atoms with Crippen LogP contribution >= 0.6 is 0 Å². The van der Waals surface area contributed by atoms with E-state index in [1.165, 1.54) is 5.39 Å². The van der Waals surface area contributed by atoms with Gasteiger partial charge in [0.05, 0.1) is 5.41 Å². The van der Waals surface area contributed by atoms with Crippen molar-refractivity contribution in [3.8, 4) is 0 Å². The molecule has 2 aromatic rings. The maximum Gasteiger partial charge on any atom is 0.244 e. The molecule has 0 atom stereocenters. The van der Waals surface area contributed by atoms with Crippen molar-refractivity contribution in [1.82, 2.24) is 10.4 Å². The Bertz CT molecular complexity index is 602. The molecule has 3 nitrogen and oxygen atoms in total. The highest BCUT2D eigenvalue weighted by atomic mass is 16.2. The second kappa shape index (κ2) is 5.02. The number of hydrogen-bond donors (Lipinski definition) is 1. The van der Waals surface area contributed by atoms with Crippen LogP contribution in [0.15, 0.2) is 42.5 Å². The minimum atomic E-state index is -0.561. The molecular formula is C16H20N2O. The summed E-state index contributed by atoms with van der Waals surface area (Å²) >= 11 is 0. The Hall–Kier alpha value is -1.87. The van der Waals surface area contributed by atoms with Crippen LogP contribution in [-0.2, 0) is 10.2 Å². The minimum absolute atomic E-state index is 0.00668. The van der Waals surface area contributed by atoms with Gasteiger partial charge in [0.15, 0.2) is 0 Å². The normalized spacial score (nSPS) is 11.8. The van der Waals surface area contributed by atoms with Gasteiger partial charge in [-0.3, -0.25) is 10.2 Å². The SMILES string of the molecule is CN(C)NC(=O)C(C)(C)c1ccc2ccccc2c1. The van der Waals surface area contributed by atoms with E-state index in [1.54, 1.807) is 5.01 Å². The van der Waals surface area contributed by atoms with E-state index in [9.17, 15) is 4.79 Å². The van der Waals surface area contributed by atoms with Gasteiger partial charge in [-0.2, -0.15) is 0 Å². The van der Waals surface area contributed by atoms with E-state index in [4.69, 9.17) is 0 Å². The summed E-state index contributed by atoms with van der Waals surface area (Å²) in [5.41, 5.74) is 3.28. The molecule has 2 aromatic carbocycles. The number of fused-ring (bicyclic) bond motifs is 1. The van der Waals surface area contributed by atoms with Gasteiger partial charge >= 0.3 is 0 Å². The van der Waals surface area contributed by atoms with Crippen LogP contribution in [0, 0.1) is 0 Å². The van der Waals surface area contributed by atoms with Crippen LogP contribution in [0.25, 0.3) is 10.8 Å². The molecule has 1 N–H and O–H groups in total. The van der Waals surface area contributed by atoms with Gasteiger partial charge in [-0.15, -0.1) is 0 Å². The summed E-state index contributed by atoms with van der Waals surface area (Å²) in [6, 6.07) is 14.4. The fraction of sp³-hybridized carbons (Fsp3) is 0.312. The number of hydrazine groups is 1. The van der Waals surface area contributed by atoms with Gasteiger partial charge in [0.2, 0.25) is 5.91 Å². The molecule has 2 rings (SSSR count). The summed E-state index contributed by atoms with van der Waals surface area (Å²) in [6.07, 6.45) is 0. The molecule has 0 aliphatic rings. The number of nitrogens with one attached hydrogen (secondary N) is 1. The predicted octanol–water partition coefficient (Wildman–Crippen LogP) is 2.71. The van der Waals surface area contributed by atoms with Crippen molar-refractivity contribution in [2.24, 2.45) is 0 Å².